The molecule has 110 valence electrons. The number of halogens is 1. The lowest BCUT2D eigenvalue weighted by molar-refractivity contribution is -0.153. The number of esters is 1. The van der Waals surface area contributed by atoms with Gasteiger partial charge in [-0.15, -0.1) is 0 Å². The largest absolute Gasteiger partial charge is 0.493 e. The molecule has 0 spiro atoms. The van der Waals surface area contributed by atoms with E-state index >= 15 is 0 Å². The molecule has 0 heterocycles. The highest BCUT2D eigenvalue weighted by Gasteiger charge is 2.24. The molecule has 1 aliphatic carbocycles. The minimum absolute atomic E-state index is 0.238. The summed E-state index contributed by atoms with van der Waals surface area (Å²) in [5.41, 5.74) is 0.442. The van der Waals surface area contributed by atoms with Crippen molar-refractivity contribution in [2.24, 2.45) is 5.92 Å². The lowest BCUT2D eigenvalue weighted by atomic mass is 9.86. The van der Waals surface area contributed by atoms with Crippen molar-refractivity contribution in [1.82, 2.24) is 0 Å². The number of ether oxygens (including phenoxy) is 2. The van der Waals surface area contributed by atoms with E-state index < -0.39 is 12.1 Å². The normalized spacial score (nSPS) is 16.4. The molecular formula is C15H19BrO4. The van der Waals surface area contributed by atoms with Gasteiger partial charge in [0.15, 0.2) is 6.10 Å². The average Bonchev–Trinajstić information content (AvgIpc) is 2.38. The van der Waals surface area contributed by atoms with Crippen molar-refractivity contribution in [1.29, 1.82) is 0 Å². The Morgan fingerprint density at radius 2 is 2.25 bits per heavy atom. The van der Waals surface area contributed by atoms with E-state index in [0.717, 1.165) is 4.47 Å². The summed E-state index contributed by atoms with van der Waals surface area (Å²) in [4.78, 5) is 11.7. The first-order valence-electron chi connectivity index (χ1n) is 6.88. The fraction of sp³-hybridized carbons (Fsp3) is 0.533. The molecule has 0 aliphatic heterocycles. The molecule has 0 aromatic heterocycles. The molecule has 0 radical (unpaired) electrons. The van der Waals surface area contributed by atoms with E-state index in [4.69, 9.17) is 9.47 Å². The van der Waals surface area contributed by atoms with E-state index in [2.05, 4.69) is 15.9 Å². The Kier molecular flexibility index (Phi) is 5.43. The van der Waals surface area contributed by atoms with E-state index in [9.17, 15) is 9.90 Å². The summed E-state index contributed by atoms with van der Waals surface area (Å²) < 4.78 is 11.4. The minimum atomic E-state index is -1.32. The Balaban J connectivity index is 2.11. The first kappa shape index (κ1) is 15.3. The number of carbonyl (C=O) groups is 1. The second-order valence-corrected chi connectivity index (χ2v) is 5.86. The minimum Gasteiger partial charge on any atom is -0.493 e. The fourth-order valence-electron chi connectivity index (χ4n) is 2.08. The standard InChI is InChI=1S/C15H19BrO4/c1-2-19-15(18)14(17)12-8-11(16)6-7-13(12)20-9-10-4-3-5-10/h6-8,10,14,17H,2-5,9H2,1H3. The monoisotopic (exact) mass is 342 g/mol. The summed E-state index contributed by atoms with van der Waals surface area (Å²) in [7, 11) is 0. The first-order chi connectivity index (χ1) is 9.61. The Morgan fingerprint density at radius 3 is 2.85 bits per heavy atom. The molecule has 1 unspecified atom stereocenters. The Bertz CT molecular complexity index is 471. The van der Waals surface area contributed by atoms with Crippen molar-refractivity contribution in [2.45, 2.75) is 32.3 Å². The Morgan fingerprint density at radius 1 is 1.50 bits per heavy atom. The van der Waals surface area contributed by atoms with E-state index in [1.807, 2.05) is 6.07 Å². The second-order valence-electron chi connectivity index (χ2n) is 4.94. The molecule has 1 atom stereocenters. The quantitative estimate of drug-likeness (QED) is 0.806. The van der Waals surface area contributed by atoms with Crippen LogP contribution in [0.5, 0.6) is 5.75 Å². The molecule has 0 amide bonds. The summed E-state index contributed by atoms with van der Waals surface area (Å²) >= 11 is 3.34. The highest BCUT2D eigenvalue weighted by Crippen LogP contribution is 2.32. The van der Waals surface area contributed by atoms with Gasteiger partial charge in [-0.2, -0.15) is 0 Å². The van der Waals surface area contributed by atoms with Crippen LogP contribution in [0.4, 0.5) is 0 Å². The van der Waals surface area contributed by atoms with Crippen molar-refractivity contribution in [3.05, 3.63) is 28.2 Å². The molecular weight excluding hydrogens is 324 g/mol. The molecule has 5 heteroatoms. The van der Waals surface area contributed by atoms with Gasteiger partial charge in [0.05, 0.1) is 13.2 Å². The third-order valence-electron chi connectivity index (χ3n) is 3.48. The molecule has 0 saturated heterocycles. The van der Waals surface area contributed by atoms with Crippen LogP contribution in [0, 0.1) is 5.92 Å². The van der Waals surface area contributed by atoms with Crippen molar-refractivity contribution in [3.63, 3.8) is 0 Å². The molecule has 1 fully saturated rings. The molecule has 4 nitrogen and oxygen atoms in total. The summed E-state index contributed by atoms with van der Waals surface area (Å²) in [5, 5.41) is 10.1. The van der Waals surface area contributed by atoms with Crippen LogP contribution in [0.15, 0.2) is 22.7 Å². The number of benzene rings is 1. The Hall–Kier alpha value is -1.07. The maximum atomic E-state index is 11.7. The van der Waals surface area contributed by atoms with Crippen molar-refractivity contribution >= 4 is 21.9 Å². The zero-order valence-electron chi connectivity index (χ0n) is 11.5. The van der Waals surface area contributed by atoms with Gasteiger partial charge in [-0.3, -0.25) is 0 Å². The highest BCUT2D eigenvalue weighted by atomic mass is 79.9. The molecule has 20 heavy (non-hydrogen) atoms. The predicted molar refractivity (Wildman–Crippen MR) is 78.6 cm³/mol. The molecule has 1 saturated carbocycles. The van der Waals surface area contributed by atoms with Gasteiger partial charge in [-0.05, 0) is 43.9 Å². The number of hydrogen-bond acceptors (Lipinski definition) is 4. The van der Waals surface area contributed by atoms with Gasteiger partial charge < -0.3 is 14.6 Å². The van der Waals surface area contributed by atoms with Crippen LogP contribution in [0.3, 0.4) is 0 Å². The molecule has 1 aliphatic rings. The topological polar surface area (TPSA) is 55.8 Å². The summed E-state index contributed by atoms with van der Waals surface area (Å²) in [6, 6.07) is 5.29. The van der Waals surface area contributed by atoms with Gasteiger partial charge in [0.1, 0.15) is 5.75 Å². The lowest BCUT2D eigenvalue weighted by Gasteiger charge is -2.26. The number of hydrogen-bond donors (Lipinski definition) is 1. The lowest BCUT2D eigenvalue weighted by Crippen LogP contribution is -2.21. The molecule has 1 N–H and O–H groups in total. The van der Waals surface area contributed by atoms with Crippen LogP contribution >= 0.6 is 15.9 Å². The zero-order chi connectivity index (χ0) is 14.5. The fourth-order valence-corrected chi connectivity index (χ4v) is 2.46. The SMILES string of the molecule is CCOC(=O)C(O)c1cc(Br)ccc1OCC1CCC1. The smallest absolute Gasteiger partial charge is 0.339 e. The third-order valence-corrected chi connectivity index (χ3v) is 3.97. The van der Waals surface area contributed by atoms with Crippen LogP contribution in [-0.4, -0.2) is 24.3 Å². The molecule has 0 bridgehead atoms. The van der Waals surface area contributed by atoms with Gasteiger partial charge in [0, 0.05) is 10.0 Å². The summed E-state index contributed by atoms with van der Waals surface area (Å²) in [6.45, 7) is 2.58. The van der Waals surface area contributed by atoms with Crippen LogP contribution in [0.2, 0.25) is 0 Å². The molecule has 1 aromatic carbocycles. The highest BCUT2D eigenvalue weighted by molar-refractivity contribution is 9.10. The number of carbonyl (C=O) groups excluding carboxylic acids is 1. The molecule has 1 aromatic rings. The van der Waals surface area contributed by atoms with Gasteiger partial charge >= 0.3 is 5.97 Å². The van der Waals surface area contributed by atoms with E-state index in [1.54, 1.807) is 19.1 Å². The van der Waals surface area contributed by atoms with E-state index in [1.165, 1.54) is 19.3 Å². The van der Waals surface area contributed by atoms with Crippen LogP contribution in [0.25, 0.3) is 0 Å². The Labute approximate surface area is 127 Å². The maximum absolute atomic E-state index is 11.7. The van der Waals surface area contributed by atoms with Gasteiger partial charge in [0.2, 0.25) is 0 Å². The average molecular weight is 343 g/mol. The number of aliphatic hydroxyl groups is 1. The zero-order valence-corrected chi connectivity index (χ0v) is 13.1. The van der Waals surface area contributed by atoms with Crippen LogP contribution in [-0.2, 0) is 9.53 Å². The number of rotatable bonds is 6. The van der Waals surface area contributed by atoms with Crippen LogP contribution < -0.4 is 4.74 Å². The van der Waals surface area contributed by atoms with Crippen molar-refractivity contribution in [2.75, 3.05) is 13.2 Å². The van der Waals surface area contributed by atoms with E-state index in [0.29, 0.717) is 23.8 Å². The summed E-state index contributed by atoms with van der Waals surface area (Å²) in [5.74, 6) is 0.478. The van der Waals surface area contributed by atoms with Crippen molar-refractivity contribution < 1.29 is 19.4 Å². The van der Waals surface area contributed by atoms with Gasteiger partial charge in [0.25, 0.3) is 0 Å². The summed E-state index contributed by atoms with van der Waals surface area (Å²) in [6.07, 6.45) is 2.31. The third kappa shape index (κ3) is 3.73. The van der Waals surface area contributed by atoms with Gasteiger partial charge in [-0.25, -0.2) is 4.79 Å². The van der Waals surface area contributed by atoms with Gasteiger partial charge in [-0.1, -0.05) is 22.4 Å². The second kappa shape index (κ2) is 7.09. The maximum Gasteiger partial charge on any atom is 0.339 e. The number of aliphatic hydroxyl groups excluding tert-OH is 1. The predicted octanol–water partition coefficient (Wildman–Crippen LogP) is 3.22. The van der Waals surface area contributed by atoms with E-state index in [-0.39, 0.29) is 6.61 Å². The first-order valence-corrected chi connectivity index (χ1v) is 7.68. The van der Waals surface area contributed by atoms with Crippen LogP contribution in [0.1, 0.15) is 37.9 Å². The van der Waals surface area contributed by atoms with Crippen molar-refractivity contribution in [3.8, 4) is 5.75 Å². The molecule has 2 rings (SSSR count).